The minimum Gasteiger partial charge on any atom is -0.208 e. The highest BCUT2D eigenvalue weighted by molar-refractivity contribution is 9.15. The summed E-state index contributed by atoms with van der Waals surface area (Å²) in [5, 5.41) is 0. The van der Waals surface area contributed by atoms with Gasteiger partial charge in [-0.25, -0.2) is 15.0 Å². The van der Waals surface area contributed by atoms with Gasteiger partial charge in [-0.2, -0.15) is 0 Å². The molecule has 0 aliphatic carbocycles. The number of aromatic nitrogens is 3. The Kier molecular flexibility index (Phi) is 9.15. The highest BCUT2D eigenvalue weighted by Crippen LogP contribution is 2.42. The topological polar surface area (TPSA) is 38.7 Å². The molecule has 0 atom stereocenters. The molecule has 0 aliphatic heterocycles. The van der Waals surface area contributed by atoms with E-state index in [9.17, 15) is 0 Å². The third-order valence-corrected chi connectivity index (χ3v) is 14.6. The van der Waals surface area contributed by atoms with Crippen LogP contribution in [0.4, 0.5) is 0 Å². The predicted molar refractivity (Wildman–Crippen MR) is 165 cm³/mol. The van der Waals surface area contributed by atoms with Gasteiger partial charge in [0.25, 0.3) is 0 Å². The van der Waals surface area contributed by atoms with Gasteiger partial charge < -0.3 is 0 Å². The molecular weight excluding hydrogens is 1010 g/mol. The van der Waals surface area contributed by atoms with Gasteiger partial charge in [0, 0.05) is 56.9 Å². The van der Waals surface area contributed by atoms with Crippen LogP contribution < -0.4 is 0 Å². The fraction of sp³-hybridized carbons (Fsp3) is 0. The first-order valence-electron chi connectivity index (χ1n) is 8.77. The van der Waals surface area contributed by atoms with Crippen molar-refractivity contribution in [2.24, 2.45) is 0 Å². The molecule has 1 heterocycles. The fourth-order valence-corrected chi connectivity index (χ4v) is 7.23. The van der Waals surface area contributed by atoms with Crippen molar-refractivity contribution in [1.82, 2.24) is 15.0 Å². The number of halogens is 9. The van der Waals surface area contributed by atoms with E-state index in [2.05, 4.69) is 143 Å². The van der Waals surface area contributed by atoms with Crippen molar-refractivity contribution in [3.05, 3.63) is 76.7 Å². The summed E-state index contributed by atoms with van der Waals surface area (Å²) in [6.45, 7) is 0. The summed E-state index contributed by atoms with van der Waals surface area (Å²) in [6.07, 6.45) is 0. The number of hydrogen-bond acceptors (Lipinski definition) is 3. The van der Waals surface area contributed by atoms with E-state index in [1.807, 2.05) is 36.4 Å². The number of rotatable bonds is 3. The molecule has 0 unspecified atom stereocenters. The summed E-state index contributed by atoms with van der Waals surface area (Å²) < 4.78 is 7.92. The molecule has 0 spiro atoms. The van der Waals surface area contributed by atoms with Crippen LogP contribution in [-0.2, 0) is 0 Å². The quantitative estimate of drug-likeness (QED) is 0.192. The molecule has 0 amide bonds. The summed E-state index contributed by atoms with van der Waals surface area (Å²) >= 11 is 32.5. The van der Waals surface area contributed by atoms with E-state index in [0.29, 0.717) is 17.5 Å². The summed E-state index contributed by atoms with van der Waals surface area (Å²) in [6, 6.07) is 11.7. The van der Waals surface area contributed by atoms with Crippen LogP contribution in [0.1, 0.15) is 0 Å². The molecular formula is C21H6Br9N3. The predicted octanol–water partition coefficient (Wildman–Crippen LogP) is 11.7. The molecule has 3 nitrogen and oxygen atoms in total. The van der Waals surface area contributed by atoms with Crippen LogP contribution in [0.25, 0.3) is 34.2 Å². The zero-order chi connectivity index (χ0) is 24.0. The third kappa shape index (κ3) is 5.49. The van der Waals surface area contributed by atoms with E-state index in [1.54, 1.807) is 0 Å². The molecule has 3 aromatic carbocycles. The van der Waals surface area contributed by atoms with Crippen LogP contribution in [0.3, 0.4) is 0 Å². The second-order valence-corrected chi connectivity index (χ2v) is 13.8. The summed E-state index contributed by atoms with van der Waals surface area (Å²) in [5.41, 5.74) is 2.48. The lowest BCUT2D eigenvalue weighted by atomic mass is 10.1. The van der Waals surface area contributed by atoms with Gasteiger partial charge in [0.1, 0.15) is 0 Å². The third-order valence-electron chi connectivity index (χ3n) is 4.46. The van der Waals surface area contributed by atoms with Crippen LogP contribution in [0, 0.1) is 0 Å². The molecule has 168 valence electrons. The molecule has 0 saturated carbocycles. The standard InChI is InChI=1S/C21H6Br9N3/c22-10-4-1-7(13(25)16(10)28)19-31-20(8-2-5-11(23)17(29)14(8)26)33-21(32-19)9-3-6-12(24)18(30)15(9)27/h1-6H. The van der Waals surface area contributed by atoms with Crippen molar-refractivity contribution >= 4 is 143 Å². The van der Waals surface area contributed by atoms with Crippen LogP contribution in [-0.4, -0.2) is 15.0 Å². The van der Waals surface area contributed by atoms with Crippen molar-refractivity contribution in [3.8, 4) is 34.2 Å². The van der Waals surface area contributed by atoms with E-state index in [1.165, 1.54) is 0 Å². The number of benzene rings is 3. The smallest absolute Gasteiger partial charge is 0.165 e. The van der Waals surface area contributed by atoms with Crippen LogP contribution in [0.15, 0.2) is 76.7 Å². The van der Waals surface area contributed by atoms with Gasteiger partial charge in [0.2, 0.25) is 0 Å². The second-order valence-electron chi connectivity index (χ2n) is 6.47. The SMILES string of the molecule is Brc1ccc(-c2nc(-c3ccc(Br)c(Br)c3Br)nc(-c3ccc(Br)c(Br)c3Br)n2)c(Br)c1Br. The van der Waals surface area contributed by atoms with Crippen LogP contribution in [0.5, 0.6) is 0 Å². The fourth-order valence-electron chi connectivity index (χ4n) is 2.83. The summed E-state index contributed by atoms with van der Waals surface area (Å²) in [4.78, 5) is 14.5. The molecule has 4 rings (SSSR count). The van der Waals surface area contributed by atoms with E-state index < -0.39 is 0 Å². The first-order chi connectivity index (χ1) is 15.6. The van der Waals surface area contributed by atoms with Crippen molar-refractivity contribution in [2.45, 2.75) is 0 Å². The van der Waals surface area contributed by atoms with E-state index in [-0.39, 0.29) is 0 Å². The molecule has 0 radical (unpaired) electrons. The Morgan fingerprint density at radius 3 is 0.818 bits per heavy atom. The molecule has 4 aromatic rings. The molecule has 0 bridgehead atoms. The van der Waals surface area contributed by atoms with Crippen molar-refractivity contribution in [1.29, 1.82) is 0 Å². The Morgan fingerprint density at radius 2 is 0.576 bits per heavy atom. The Labute approximate surface area is 265 Å². The van der Waals surface area contributed by atoms with Gasteiger partial charge in [-0.1, -0.05) is 0 Å². The van der Waals surface area contributed by atoms with E-state index >= 15 is 0 Å². The van der Waals surface area contributed by atoms with Crippen LogP contribution in [0.2, 0.25) is 0 Å². The Balaban J connectivity index is 2.04. The van der Waals surface area contributed by atoms with Gasteiger partial charge in [0.15, 0.2) is 17.5 Å². The first kappa shape index (κ1) is 27.0. The molecule has 0 fully saturated rings. The van der Waals surface area contributed by atoms with Gasteiger partial charge in [-0.15, -0.1) is 0 Å². The molecule has 33 heavy (non-hydrogen) atoms. The zero-order valence-electron chi connectivity index (χ0n) is 15.7. The van der Waals surface area contributed by atoms with Crippen LogP contribution >= 0.6 is 143 Å². The van der Waals surface area contributed by atoms with Gasteiger partial charge in [-0.3, -0.25) is 0 Å². The highest BCUT2D eigenvalue weighted by atomic mass is 79.9. The summed E-state index contributed by atoms with van der Waals surface area (Å²) in [7, 11) is 0. The highest BCUT2D eigenvalue weighted by Gasteiger charge is 2.20. The molecule has 0 aliphatic rings. The Morgan fingerprint density at radius 1 is 0.333 bits per heavy atom. The molecule has 1 aromatic heterocycles. The lowest BCUT2D eigenvalue weighted by Crippen LogP contribution is -2.02. The first-order valence-corrected chi connectivity index (χ1v) is 15.9. The minimum absolute atomic E-state index is 0.534. The molecule has 0 N–H and O–H groups in total. The van der Waals surface area contributed by atoms with Crippen molar-refractivity contribution in [3.63, 3.8) is 0 Å². The van der Waals surface area contributed by atoms with Crippen molar-refractivity contribution < 1.29 is 0 Å². The maximum absolute atomic E-state index is 4.84. The Hall–Kier alpha value is 0.990. The van der Waals surface area contributed by atoms with Gasteiger partial charge in [-0.05, 0) is 180 Å². The molecule has 12 heteroatoms. The second kappa shape index (κ2) is 11.2. The Bertz CT molecular complexity index is 1240. The summed E-state index contributed by atoms with van der Waals surface area (Å²) in [5.74, 6) is 1.60. The zero-order valence-corrected chi connectivity index (χ0v) is 30.0. The lowest BCUT2D eigenvalue weighted by molar-refractivity contribution is 1.07. The lowest BCUT2D eigenvalue weighted by Gasteiger charge is -2.13. The van der Waals surface area contributed by atoms with E-state index in [4.69, 9.17) is 15.0 Å². The van der Waals surface area contributed by atoms with Gasteiger partial charge >= 0.3 is 0 Å². The maximum Gasteiger partial charge on any atom is 0.165 e. The molecule has 0 saturated heterocycles. The largest absolute Gasteiger partial charge is 0.208 e. The van der Waals surface area contributed by atoms with Crippen molar-refractivity contribution in [2.75, 3.05) is 0 Å². The number of nitrogens with zero attached hydrogens (tertiary/aromatic N) is 3. The number of hydrogen-bond donors (Lipinski definition) is 0. The maximum atomic E-state index is 4.84. The van der Waals surface area contributed by atoms with Gasteiger partial charge in [0.05, 0.1) is 0 Å². The average molecular weight is 1020 g/mol. The minimum atomic E-state index is 0.534. The monoisotopic (exact) mass is 1010 g/mol. The van der Waals surface area contributed by atoms with E-state index in [0.717, 1.165) is 56.9 Å². The average Bonchev–Trinajstić information content (AvgIpc) is 2.79. The normalized spacial score (nSPS) is 11.2.